The van der Waals surface area contributed by atoms with Crippen molar-refractivity contribution in [3.63, 3.8) is 0 Å². The van der Waals surface area contributed by atoms with Gasteiger partial charge in [0.1, 0.15) is 11.5 Å². The summed E-state index contributed by atoms with van der Waals surface area (Å²) in [4.78, 5) is 4.00. The maximum Gasteiger partial charge on any atom is 0.158 e. The van der Waals surface area contributed by atoms with Gasteiger partial charge >= 0.3 is 0 Å². The molecule has 3 aromatic rings. The van der Waals surface area contributed by atoms with Crippen molar-refractivity contribution < 1.29 is 14.2 Å². The molecule has 1 fully saturated rings. The van der Waals surface area contributed by atoms with E-state index in [-0.39, 0.29) is 12.4 Å². The van der Waals surface area contributed by atoms with E-state index in [1.54, 1.807) is 19.5 Å². The minimum atomic E-state index is -0.124. The molecule has 0 aliphatic carbocycles. The van der Waals surface area contributed by atoms with E-state index in [9.17, 15) is 0 Å². The Morgan fingerprint density at radius 3 is 2.52 bits per heavy atom. The van der Waals surface area contributed by atoms with Crippen LogP contribution in [-0.2, 0) is 15.9 Å². The number of pyridine rings is 1. The van der Waals surface area contributed by atoms with Crippen molar-refractivity contribution in [2.45, 2.75) is 38.1 Å². The average Bonchev–Trinajstić information content (AvgIpc) is 2.77. The second kappa shape index (κ2) is 9.40. The Kier molecular flexibility index (Phi) is 6.45. The first kappa shape index (κ1) is 19.9. The number of aromatic nitrogens is 1. The molecule has 1 aromatic heterocycles. The number of ether oxygens (including phenoxy) is 3. The lowest BCUT2D eigenvalue weighted by Gasteiger charge is -2.29. The van der Waals surface area contributed by atoms with Gasteiger partial charge in [-0.1, -0.05) is 35.9 Å². The molecular formula is C24H24ClNO3. The summed E-state index contributed by atoms with van der Waals surface area (Å²) in [6.45, 7) is 0. The fourth-order valence-electron chi connectivity index (χ4n) is 3.58. The largest absolute Gasteiger partial charge is 0.457 e. The summed E-state index contributed by atoms with van der Waals surface area (Å²) in [6.07, 6.45) is 7.15. The van der Waals surface area contributed by atoms with Crippen LogP contribution in [0, 0.1) is 0 Å². The van der Waals surface area contributed by atoms with Crippen LogP contribution in [0.3, 0.4) is 0 Å². The van der Waals surface area contributed by atoms with Crippen LogP contribution in [0.5, 0.6) is 11.5 Å². The molecule has 1 saturated heterocycles. The molecule has 0 N–H and O–H groups in total. The lowest BCUT2D eigenvalue weighted by Crippen LogP contribution is -2.23. The third-order valence-corrected chi connectivity index (χ3v) is 5.50. The second-order valence-electron chi connectivity index (χ2n) is 7.18. The Morgan fingerprint density at radius 1 is 1.00 bits per heavy atom. The fourth-order valence-corrected chi connectivity index (χ4v) is 3.76. The van der Waals surface area contributed by atoms with Crippen molar-refractivity contribution in [1.82, 2.24) is 4.98 Å². The second-order valence-corrected chi connectivity index (χ2v) is 7.58. The quantitative estimate of drug-likeness (QED) is 0.476. The van der Waals surface area contributed by atoms with Gasteiger partial charge in [-0.3, -0.25) is 4.98 Å². The molecule has 4 rings (SSSR count). The van der Waals surface area contributed by atoms with Crippen molar-refractivity contribution in [2.24, 2.45) is 0 Å². The van der Waals surface area contributed by atoms with E-state index in [0.29, 0.717) is 0 Å². The number of hydrogen-bond acceptors (Lipinski definition) is 4. The molecule has 4 nitrogen and oxygen atoms in total. The Balaban J connectivity index is 1.46. The average molecular weight is 410 g/mol. The third-order valence-electron chi connectivity index (χ3n) is 5.13. The molecule has 0 radical (unpaired) electrons. The highest BCUT2D eigenvalue weighted by atomic mass is 35.5. The summed E-state index contributed by atoms with van der Waals surface area (Å²) >= 11 is 6.48. The molecule has 2 aromatic carbocycles. The first-order valence-electron chi connectivity index (χ1n) is 9.84. The van der Waals surface area contributed by atoms with Crippen LogP contribution in [0.15, 0.2) is 67.0 Å². The molecule has 150 valence electrons. The Labute approximate surface area is 176 Å². The van der Waals surface area contributed by atoms with Crippen LogP contribution >= 0.6 is 11.6 Å². The Bertz CT molecular complexity index is 931. The molecular weight excluding hydrogens is 386 g/mol. The first-order valence-corrected chi connectivity index (χ1v) is 10.2. The molecule has 1 aliphatic rings. The predicted molar refractivity (Wildman–Crippen MR) is 113 cm³/mol. The smallest absolute Gasteiger partial charge is 0.158 e. The van der Waals surface area contributed by atoms with Crippen LogP contribution in [0.1, 0.15) is 42.1 Å². The van der Waals surface area contributed by atoms with Gasteiger partial charge in [0.2, 0.25) is 0 Å². The highest BCUT2D eigenvalue weighted by molar-refractivity contribution is 6.31. The molecule has 2 atom stereocenters. The highest BCUT2D eigenvalue weighted by Gasteiger charge is 2.23. The minimum Gasteiger partial charge on any atom is -0.457 e. The van der Waals surface area contributed by atoms with Gasteiger partial charge in [0.15, 0.2) is 6.29 Å². The van der Waals surface area contributed by atoms with Gasteiger partial charge in [-0.25, -0.2) is 0 Å². The van der Waals surface area contributed by atoms with E-state index in [2.05, 4.69) is 29.2 Å². The zero-order chi connectivity index (χ0) is 20.1. The lowest BCUT2D eigenvalue weighted by molar-refractivity contribution is -0.182. The van der Waals surface area contributed by atoms with E-state index in [1.807, 2.05) is 30.3 Å². The zero-order valence-corrected chi connectivity index (χ0v) is 17.1. The lowest BCUT2D eigenvalue weighted by atomic mass is 9.96. The number of rotatable bonds is 6. The minimum absolute atomic E-state index is 0.0563. The van der Waals surface area contributed by atoms with Gasteiger partial charge in [-0.2, -0.15) is 0 Å². The van der Waals surface area contributed by atoms with Crippen molar-refractivity contribution in [2.75, 3.05) is 7.11 Å². The number of benzene rings is 2. The molecule has 2 heterocycles. The number of methoxy groups -OCH3 is 1. The van der Waals surface area contributed by atoms with E-state index < -0.39 is 0 Å². The maximum atomic E-state index is 6.48. The molecule has 2 unspecified atom stereocenters. The molecule has 0 bridgehead atoms. The van der Waals surface area contributed by atoms with Crippen molar-refractivity contribution in [3.8, 4) is 11.5 Å². The number of halogens is 1. The maximum absolute atomic E-state index is 6.48. The van der Waals surface area contributed by atoms with Crippen molar-refractivity contribution in [1.29, 1.82) is 0 Å². The van der Waals surface area contributed by atoms with Gasteiger partial charge in [0.25, 0.3) is 0 Å². The Morgan fingerprint density at radius 2 is 1.76 bits per heavy atom. The van der Waals surface area contributed by atoms with E-state index in [4.69, 9.17) is 25.8 Å². The summed E-state index contributed by atoms with van der Waals surface area (Å²) in [5.41, 5.74) is 3.42. The van der Waals surface area contributed by atoms with Crippen LogP contribution in [-0.4, -0.2) is 18.4 Å². The van der Waals surface area contributed by atoms with Crippen LogP contribution in [0.25, 0.3) is 0 Å². The predicted octanol–water partition coefficient (Wildman–Crippen LogP) is 6.33. The van der Waals surface area contributed by atoms with E-state index in [0.717, 1.165) is 53.3 Å². The van der Waals surface area contributed by atoms with Crippen LogP contribution < -0.4 is 4.74 Å². The number of hydrogen-bond donors (Lipinski definition) is 0. The van der Waals surface area contributed by atoms with Gasteiger partial charge < -0.3 is 14.2 Å². The van der Waals surface area contributed by atoms with Crippen LogP contribution in [0.4, 0.5) is 0 Å². The van der Waals surface area contributed by atoms with Crippen molar-refractivity contribution in [3.05, 3.63) is 88.7 Å². The van der Waals surface area contributed by atoms with Crippen LogP contribution in [0.2, 0.25) is 5.02 Å². The Hall–Kier alpha value is -2.40. The summed E-state index contributed by atoms with van der Waals surface area (Å²) in [5.74, 6) is 1.56. The van der Waals surface area contributed by atoms with Gasteiger partial charge in [0, 0.05) is 24.5 Å². The van der Waals surface area contributed by atoms with Gasteiger partial charge in [-0.15, -0.1) is 0 Å². The third kappa shape index (κ3) is 5.15. The summed E-state index contributed by atoms with van der Waals surface area (Å²) in [5, 5.41) is 0.768. The fraction of sp³-hybridized carbons (Fsp3) is 0.292. The van der Waals surface area contributed by atoms with Gasteiger partial charge in [-0.05, 0) is 72.7 Å². The van der Waals surface area contributed by atoms with E-state index >= 15 is 0 Å². The van der Waals surface area contributed by atoms with E-state index in [1.165, 1.54) is 5.56 Å². The highest BCUT2D eigenvalue weighted by Crippen LogP contribution is 2.34. The SMILES string of the molecule is COC1CCCC(c2ccc(Cl)c(Cc3ccc(Oc4ccncc4)cc3)c2)O1. The van der Waals surface area contributed by atoms with Gasteiger partial charge in [0.05, 0.1) is 6.10 Å². The molecule has 1 aliphatic heterocycles. The summed E-state index contributed by atoms with van der Waals surface area (Å²) in [6, 6.07) is 17.9. The standard InChI is InChI=1S/C24H24ClNO3/c1-27-24-4-2-3-23(29-24)18-7-10-22(25)19(16-18)15-17-5-8-20(9-6-17)28-21-11-13-26-14-12-21/h5-14,16,23-24H,2-4,15H2,1H3. The monoisotopic (exact) mass is 409 g/mol. The molecule has 0 amide bonds. The molecule has 0 saturated carbocycles. The zero-order valence-electron chi connectivity index (χ0n) is 16.4. The molecule has 0 spiro atoms. The molecule has 29 heavy (non-hydrogen) atoms. The number of nitrogens with zero attached hydrogens (tertiary/aromatic N) is 1. The normalized spacial score (nSPS) is 19.1. The molecule has 5 heteroatoms. The summed E-state index contributed by atoms with van der Waals surface area (Å²) < 4.78 is 17.3. The topological polar surface area (TPSA) is 40.6 Å². The van der Waals surface area contributed by atoms with Crippen molar-refractivity contribution >= 4 is 11.6 Å². The summed E-state index contributed by atoms with van der Waals surface area (Å²) in [7, 11) is 1.70. The first-order chi connectivity index (χ1) is 14.2.